The monoisotopic (exact) mass is 212 g/mol. The molecule has 11 heavy (non-hydrogen) atoms. The third kappa shape index (κ3) is 5.37. The summed E-state index contributed by atoms with van der Waals surface area (Å²) in [5.74, 6) is -0.497. The molecule has 0 saturated carbocycles. The summed E-state index contributed by atoms with van der Waals surface area (Å²) in [5, 5.41) is 16.9. The fraction of sp³-hybridized carbons (Fsp3) is 1.00. The summed E-state index contributed by atoms with van der Waals surface area (Å²) < 4.78 is 29.7. The van der Waals surface area contributed by atoms with Crippen molar-refractivity contribution in [2.75, 3.05) is 5.88 Å². The molecule has 0 saturated heterocycles. The number of aliphatic hydroxyl groups is 2. The Hall–Kier alpha value is 1.12. The topological polar surface area (TPSA) is 97.7 Å². The van der Waals surface area contributed by atoms with Gasteiger partial charge in [-0.25, -0.2) is 8.42 Å². The van der Waals surface area contributed by atoms with Gasteiger partial charge in [-0.15, -0.1) is 11.6 Å². The molecule has 62 valence electrons. The van der Waals surface area contributed by atoms with Crippen molar-refractivity contribution in [1.82, 2.24) is 0 Å². The third-order valence-electron chi connectivity index (χ3n) is 0.783. The van der Waals surface area contributed by atoms with Crippen LogP contribution in [0, 0.1) is 0 Å². The molecule has 2 unspecified atom stereocenters. The number of alkyl halides is 1. The summed E-state index contributed by atoms with van der Waals surface area (Å²) in [5.41, 5.74) is -2.33. The molecule has 0 amide bonds. The number of rotatable bonds is 3. The van der Waals surface area contributed by atoms with Gasteiger partial charge < -0.3 is 14.8 Å². The Balaban J connectivity index is 0. The number of halogens is 1. The van der Waals surface area contributed by atoms with Gasteiger partial charge in [0.1, 0.15) is 16.2 Å². The van der Waals surface area contributed by atoms with E-state index in [4.69, 9.17) is 21.8 Å². The van der Waals surface area contributed by atoms with Crippen molar-refractivity contribution in [3.8, 4) is 0 Å². The van der Waals surface area contributed by atoms with Crippen LogP contribution in [0.25, 0.3) is 0 Å². The second kappa shape index (κ2) is 5.71. The standard InChI is InChI=1S/C3H7ClO5S.Na/c4-1-2(5)3(6)10(7,8)9;/h2-3,5-6H,1H2,(H,7,8,9);/q;+1/p-1. The van der Waals surface area contributed by atoms with E-state index in [1.807, 2.05) is 0 Å². The van der Waals surface area contributed by atoms with Gasteiger partial charge in [0.25, 0.3) is 0 Å². The zero-order chi connectivity index (χ0) is 8.36. The second-order valence-electron chi connectivity index (χ2n) is 1.61. The van der Waals surface area contributed by atoms with Crippen LogP contribution in [0.2, 0.25) is 0 Å². The molecule has 0 aromatic carbocycles. The fourth-order valence-corrected chi connectivity index (χ4v) is 1.02. The maximum atomic E-state index is 9.91. The molecule has 0 bridgehead atoms. The largest absolute Gasteiger partial charge is 1.00 e. The molecule has 0 aliphatic carbocycles. The quantitative estimate of drug-likeness (QED) is 0.279. The molecule has 0 radical (unpaired) electrons. The van der Waals surface area contributed by atoms with Crippen molar-refractivity contribution in [1.29, 1.82) is 0 Å². The minimum Gasteiger partial charge on any atom is -0.746 e. The molecule has 0 rings (SSSR count). The van der Waals surface area contributed by atoms with E-state index in [1.165, 1.54) is 0 Å². The van der Waals surface area contributed by atoms with Crippen molar-refractivity contribution in [2.45, 2.75) is 11.5 Å². The average Bonchev–Trinajstić information content (AvgIpc) is 1.83. The van der Waals surface area contributed by atoms with Crippen molar-refractivity contribution in [2.24, 2.45) is 0 Å². The second-order valence-corrected chi connectivity index (χ2v) is 3.38. The molecule has 0 aromatic rings. The average molecular weight is 213 g/mol. The molecule has 2 atom stereocenters. The molecule has 0 aromatic heterocycles. The molecule has 0 heterocycles. The molecule has 0 fully saturated rings. The van der Waals surface area contributed by atoms with E-state index in [1.54, 1.807) is 0 Å². The van der Waals surface area contributed by atoms with Crippen LogP contribution in [0.3, 0.4) is 0 Å². The van der Waals surface area contributed by atoms with Gasteiger partial charge in [-0.2, -0.15) is 0 Å². The SMILES string of the molecule is O=S(=O)([O-])C(O)C(O)CCl.[Na+]. The van der Waals surface area contributed by atoms with E-state index in [2.05, 4.69) is 0 Å². The Labute approximate surface area is 91.4 Å². The minimum absolute atomic E-state index is 0. The van der Waals surface area contributed by atoms with Crippen LogP contribution in [0.4, 0.5) is 0 Å². The molecule has 0 aliphatic heterocycles. The fourth-order valence-electron chi connectivity index (χ4n) is 0.269. The molecule has 8 heteroatoms. The van der Waals surface area contributed by atoms with E-state index in [-0.39, 0.29) is 29.6 Å². The summed E-state index contributed by atoms with van der Waals surface area (Å²) in [6.07, 6.45) is -1.72. The van der Waals surface area contributed by atoms with Crippen LogP contribution in [-0.4, -0.2) is 40.6 Å². The normalized spacial score (nSPS) is 16.7. The number of aliphatic hydroxyl groups excluding tert-OH is 2. The van der Waals surface area contributed by atoms with Crippen LogP contribution < -0.4 is 29.6 Å². The first-order valence-electron chi connectivity index (χ1n) is 2.26. The van der Waals surface area contributed by atoms with E-state index in [0.29, 0.717) is 0 Å². The molecule has 5 nitrogen and oxygen atoms in total. The van der Waals surface area contributed by atoms with Crippen molar-refractivity contribution < 1.29 is 52.7 Å². The zero-order valence-corrected chi connectivity index (χ0v) is 9.34. The van der Waals surface area contributed by atoms with Crippen LogP contribution >= 0.6 is 11.6 Å². The van der Waals surface area contributed by atoms with Gasteiger partial charge in [0, 0.05) is 0 Å². The van der Waals surface area contributed by atoms with E-state index in [9.17, 15) is 13.0 Å². The summed E-state index contributed by atoms with van der Waals surface area (Å²) in [6.45, 7) is 0. The van der Waals surface area contributed by atoms with Crippen LogP contribution in [0.15, 0.2) is 0 Å². The zero-order valence-electron chi connectivity index (χ0n) is 5.77. The van der Waals surface area contributed by atoms with Gasteiger partial charge in [0.15, 0.2) is 5.44 Å². The van der Waals surface area contributed by atoms with Crippen LogP contribution in [-0.2, 0) is 10.1 Å². The first kappa shape index (κ1) is 14.6. The van der Waals surface area contributed by atoms with E-state index >= 15 is 0 Å². The summed E-state index contributed by atoms with van der Waals surface area (Å²) in [7, 11) is -4.84. The van der Waals surface area contributed by atoms with Crippen molar-refractivity contribution in [3.05, 3.63) is 0 Å². The Kier molecular flexibility index (Phi) is 7.60. The first-order chi connectivity index (χ1) is 4.39. The number of hydrogen-bond donors (Lipinski definition) is 2. The van der Waals surface area contributed by atoms with E-state index < -0.39 is 27.5 Å². The van der Waals surface area contributed by atoms with Gasteiger partial charge in [-0.3, -0.25) is 0 Å². The third-order valence-corrected chi connectivity index (χ3v) is 2.00. The van der Waals surface area contributed by atoms with Crippen LogP contribution in [0.5, 0.6) is 0 Å². The van der Waals surface area contributed by atoms with Gasteiger partial charge in [-0.05, 0) is 0 Å². The molecule has 2 N–H and O–H groups in total. The summed E-state index contributed by atoms with van der Waals surface area (Å²) >= 11 is 4.94. The molecule has 0 aliphatic rings. The molecular weight excluding hydrogens is 207 g/mol. The Morgan fingerprint density at radius 3 is 1.91 bits per heavy atom. The summed E-state index contributed by atoms with van der Waals surface area (Å²) in [6, 6.07) is 0. The molecular formula is C3H6ClNaO5S. The Morgan fingerprint density at radius 2 is 1.82 bits per heavy atom. The predicted octanol–water partition coefficient (Wildman–Crippen LogP) is -4.55. The summed E-state index contributed by atoms with van der Waals surface area (Å²) in [4.78, 5) is 0. The Morgan fingerprint density at radius 1 is 1.45 bits per heavy atom. The number of hydrogen-bond acceptors (Lipinski definition) is 5. The minimum atomic E-state index is -4.84. The molecule has 0 spiro atoms. The first-order valence-corrected chi connectivity index (χ1v) is 4.27. The maximum Gasteiger partial charge on any atom is 1.00 e. The predicted molar refractivity (Wildman–Crippen MR) is 32.4 cm³/mol. The van der Waals surface area contributed by atoms with Crippen LogP contribution in [0.1, 0.15) is 0 Å². The smallest absolute Gasteiger partial charge is 0.746 e. The maximum absolute atomic E-state index is 9.91. The van der Waals surface area contributed by atoms with Gasteiger partial charge in [0.05, 0.1) is 5.88 Å². The Bertz CT molecular complexity index is 192. The van der Waals surface area contributed by atoms with Gasteiger partial charge in [0.2, 0.25) is 0 Å². The van der Waals surface area contributed by atoms with Gasteiger partial charge >= 0.3 is 29.6 Å². The van der Waals surface area contributed by atoms with Crippen molar-refractivity contribution >= 4 is 21.7 Å². The van der Waals surface area contributed by atoms with Gasteiger partial charge in [-0.1, -0.05) is 0 Å². The van der Waals surface area contributed by atoms with Crippen molar-refractivity contribution in [3.63, 3.8) is 0 Å². The van der Waals surface area contributed by atoms with E-state index in [0.717, 1.165) is 0 Å².